The lowest BCUT2D eigenvalue weighted by Gasteiger charge is -2.21. The van der Waals surface area contributed by atoms with Gasteiger partial charge in [0.05, 0.1) is 6.54 Å². The van der Waals surface area contributed by atoms with Gasteiger partial charge in [-0.25, -0.2) is 4.39 Å². The lowest BCUT2D eigenvalue weighted by molar-refractivity contribution is 0.1000. The Morgan fingerprint density at radius 3 is 2.84 bits per heavy atom. The molecule has 4 heteroatoms. The SMILES string of the molecule is NCC#Cc1ccc(CSC2CCOCC2)c(F)c1. The van der Waals surface area contributed by atoms with Crippen LogP contribution in [-0.4, -0.2) is 25.0 Å². The van der Waals surface area contributed by atoms with Crippen molar-refractivity contribution in [2.75, 3.05) is 19.8 Å². The maximum Gasteiger partial charge on any atom is 0.128 e. The van der Waals surface area contributed by atoms with Gasteiger partial charge < -0.3 is 10.5 Å². The Labute approximate surface area is 117 Å². The van der Waals surface area contributed by atoms with Crippen LogP contribution in [0.15, 0.2) is 18.2 Å². The van der Waals surface area contributed by atoms with Crippen LogP contribution >= 0.6 is 11.8 Å². The van der Waals surface area contributed by atoms with Gasteiger partial charge in [0, 0.05) is 29.8 Å². The molecule has 1 fully saturated rings. The Morgan fingerprint density at radius 2 is 2.16 bits per heavy atom. The molecular formula is C15H18FNOS. The second-order valence-corrected chi connectivity index (χ2v) is 5.72. The summed E-state index contributed by atoms with van der Waals surface area (Å²) >= 11 is 1.81. The molecule has 102 valence electrons. The van der Waals surface area contributed by atoms with Crippen molar-refractivity contribution in [3.05, 3.63) is 35.1 Å². The van der Waals surface area contributed by atoms with Gasteiger partial charge in [-0.05, 0) is 30.5 Å². The Morgan fingerprint density at radius 1 is 1.37 bits per heavy atom. The van der Waals surface area contributed by atoms with Gasteiger partial charge in [-0.15, -0.1) is 0 Å². The summed E-state index contributed by atoms with van der Waals surface area (Å²) in [6.45, 7) is 1.95. The van der Waals surface area contributed by atoms with Gasteiger partial charge in [-0.2, -0.15) is 11.8 Å². The quantitative estimate of drug-likeness (QED) is 0.864. The van der Waals surface area contributed by atoms with Gasteiger partial charge in [0.1, 0.15) is 5.82 Å². The molecule has 0 radical (unpaired) electrons. The van der Waals surface area contributed by atoms with Gasteiger partial charge in [-0.1, -0.05) is 17.9 Å². The fourth-order valence-electron chi connectivity index (χ4n) is 1.95. The molecule has 0 atom stereocenters. The molecule has 0 aliphatic carbocycles. The van der Waals surface area contributed by atoms with Crippen molar-refractivity contribution < 1.29 is 9.13 Å². The normalized spacial score (nSPS) is 15.9. The average molecular weight is 279 g/mol. The summed E-state index contributed by atoms with van der Waals surface area (Å²) in [6, 6.07) is 5.16. The molecule has 0 spiro atoms. The summed E-state index contributed by atoms with van der Waals surface area (Å²) < 4.78 is 19.2. The van der Waals surface area contributed by atoms with Gasteiger partial charge in [0.15, 0.2) is 0 Å². The van der Waals surface area contributed by atoms with Crippen molar-refractivity contribution in [2.45, 2.75) is 23.8 Å². The number of halogens is 1. The van der Waals surface area contributed by atoms with Crippen molar-refractivity contribution in [2.24, 2.45) is 5.73 Å². The number of hydrogen-bond acceptors (Lipinski definition) is 3. The van der Waals surface area contributed by atoms with Gasteiger partial charge in [-0.3, -0.25) is 0 Å². The van der Waals surface area contributed by atoms with E-state index in [1.165, 1.54) is 6.07 Å². The number of ether oxygens (including phenoxy) is 1. The molecule has 1 aromatic carbocycles. The first-order valence-corrected chi connectivity index (χ1v) is 7.51. The highest BCUT2D eigenvalue weighted by Gasteiger charge is 2.15. The zero-order valence-corrected chi connectivity index (χ0v) is 11.6. The maximum atomic E-state index is 13.9. The van der Waals surface area contributed by atoms with Crippen LogP contribution in [-0.2, 0) is 10.5 Å². The molecule has 1 aromatic rings. The van der Waals surface area contributed by atoms with E-state index < -0.39 is 0 Å². The van der Waals surface area contributed by atoms with E-state index in [0.717, 1.165) is 31.6 Å². The Kier molecular flexibility index (Phi) is 5.71. The van der Waals surface area contributed by atoms with E-state index >= 15 is 0 Å². The first kappa shape index (κ1) is 14.4. The maximum absolute atomic E-state index is 13.9. The van der Waals surface area contributed by atoms with Crippen LogP contribution in [0.3, 0.4) is 0 Å². The highest BCUT2D eigenvalue weighted by molar-refractivity contribution is 7.99. The molecule has 1 aliphatic heterocycles. The van der Waals surface area contributed by atoms with Crippen molar-refractivity contribution in [3.8, 4) is 11.8 Å². The molecule has 0 unspecified atom stereocenters. The third kappa shape index (κ3) is 4.54. The summed E-state index contributed by atoms with van der Waals surface area (Å²) in [5.74, 6) is 6.10. The van der Waals surface area contributed by atoms with Gasteiger partial charge >= 0.3 is 0 Å². The highest BCUT2D eigenvalue weighted by atomic mass is 32.2. The Balaban J connectivity index is 1.93. The van der Waals surface area contributed by atoms with E-state index in [1.54, 1.807) is 0 Å². The smallest absolute Gasteiger partial charge is 0.128 e. The predicted molar refractivity (Wildman–Crippen MR) is 77.5 cm³/mol. The summed E-state index contributed by atoms with van der Waals surface area (Å²) in [6.07, 6.45) is 2.12. The van der Waals surface area contributed by atoms with Crippen LogP contribution < -0.4 is 5.73 Å². The van der Waals surface area contributed by atoms with Crippen molar-refractivity contribution in [1.82, 2.24) is 0 Å². The Hall–Kier alpha value is -1.02. The minimum absolute atomic E-state index is 0.177. The molecule has 0 aromatic heterocycles. The molecule has 1 saturated heterocycles. The standard InChI is InChI=1S/C15H18FNOS/c16-15-10-12(2-1-7-17)3-4-13(15)11-19-14-5-8-18-9-6-14/h3-4,10,14H,5-9,11,17H2. The van der Waals surface area contributed by atoms with E-state index in [2.05, 4.69) is 11.8 Å². The van der Waals surface area contributed by atoms with Gasteiger partial charge in [0.2, 0.25) is 0 Å². The summed E-state index contributed by atoms with van der Waals surface area (Å²) in [7, 11) is 0. The largest absolute Gasteiger partial charge is 0.381 e. The summed E-state index contributed by atoms with van der Waals surface area (Å²) in [4.78, 5) is 0. The highest BCUT2D eigenvalue weighted by Crippen LogP contribution is 2.26. The third-order valence-corrected chi connectivity index (χ3v) is 4.45. The number of thioether (sulfide) groups is 1. The molecular weight excluding hydrogens is 261 g/mol. The number of benzene rings is 1. The van der Waals surface area contributed by atoms with Crippen molar-refractivity contribution in [1.29, 1.82) is 0 Å². The number of hydrogen-bond donors (Lipinski definition) is 1. The monoisotopic (exact) mass is 279 g/mol. The first-order chi connectivity index (χ1) is 9.29. The van der Waals surface area contributed by atoms with Crippen molar-refractivity contribution >= 4 is 11.8 Å². The zero-order valence-electron chi connectivity index (χ0n) is 10.8. The fraction of sp³-hybridized carbons (Fsp3) is 0.467. The molecule has 2 N–H and O–H groups in total. The summed E-state index contributed by atoms with van der Waals surface area (Å²) in [5, 5.41) is 0.588. The number of nitrogens with two attached hydrogens (primary N) is 1. The van der Waals surface area contributed by atoms with E-state index in [4.69, 9.17) is 10.5 Å². The van der Waals surface area contributed by atoms with Crippen molar-refractivity contribution in [3.63, 3.8) is 0 Å². The lowest BCUT2D eigenvalue weighted by Crippen LogP contribution is -2.17. The lowest BCUT2D eigenvalue weighted by atomic mass is 10.1. The minimum Gasteiger partial charge on any atom is -0.381 e. The molecule has 1 aliphatic rings. The second-order valence-electron chi connectivity index (χ2n) is 4.43. The fourth-order valence-corrected chi connectivity index (χ4v) is 3.12. The molecule has 2 nitrogen and oxygen atoms in total. The van der Waals surface area contributed by atoms with Crippen LogP contribution in [0.25, 0.3) is 0 Å². The molecule has 0 amide bonds. The minimum atomic E-state index is -0.177. The third-order valence-electron chi connectivity index (χ3n) is 3.03. The van der Waals surface area contributed by atoms with E-state index in [-0.39, 0.29) is 5.82 Å². The van der Waals surface area contributed by atoms with E-state index in [0.29, 0.717) is 23.1 Å². The van der Waals surface area contributed by atoms with Gasteiger partial charge in [0.25, 0.3) is 0 Å². The average Bonchev–Trinajstić information content (AvgIpc) is 2.45. The molecule has 19 heavy (non-hydrogen) atoms. The van der Waals surface area contributed by atoms with E-state index in [1.807, 2.05) is 23.9 Å². The molecule has 1 heterocycles. The van der Waals surface area contributed by atoms with Crippen LogP contribution in [0.4, 0.5) is 4.39 Å². The zero-order chi connectivity index (χ0) is 13.5. The molecule has 2 rings (SSSR count). The topological polar surface area (TPSA) is 35.2 Å². The van der Waals surface area contributed by atoms with Crippen LogP contribution in [0, 0.1) is 17.7 Å². The van der Waals surface area contributed by atoms with Crippen LogP contribution in [0.5, 0.6) is 0 Å². The molecule has 0 saturated carbocycles. The predicted octanol–water partition coefficient (Wildman–Crippen LogP) is 2.55. The first-order valence-electron chi connectivity index (χ1n) is 6.46. The summed E-state index contributed by atoms with van der Waals surface area (Å²) in [5.41, 5.74) is 6.72. The Bertz CT molecular complexity index is 475. The van der Waals surface area contributed by atoms with Crippen LogP contribution in [0.2, 0.25) is 0 Å². The molecule has 0 bridgehead atoms. The number of rotatable bonds is 3. The second kappa shape index (κ2) is 7.54. The van der Waals surface area contributed by atoms with E-state index in [9.17, 15) is 4.39 Å². The van der Waals surface area contributed by atoms with Crippen LogP contribution in [0.1, 0.15) is 24.0 Å².